The number of carbonyl (C=O) groups excluding carboxylic acids is 2. The van der Waals surface area contributed by atoms with Crippen LogP contribution >= 0.6 is 12.6 Å². The molecule has 2 aromatic carbocycles. The summed E-state index contributed by atoms with van der Waals surface area (Å²) in [5.41, 5.74) is 1.38. The quantitative estimate of drug-likeness (QED) is 0.483. The van der Waals surface area contributed by atoms with E-state index in [4.69, 9.17) is 4.74 Å². The van der Waals surface area contributed by atoms with E-state index in [0.717, 1.165) is 42.2 Å². The number of benzene rings is 2. The van der Waals surface area contributed by atoms with Crippen LogP contribution in [-0.2, 0) is 15.0 Å². The van der Waals surface area contributed by atoms with E-state index >= 15 is 0 Å². The van der Waals surface area contributed by atoms with Gasteiger partial charge in [-0.1, -0.05) is 18.2 Å². The van der Waals surface area contributed by atoms with Gasteiger partial charge in [-0.3, -0.25) is 14.5 Å². The van der Waals surface area contributed by atoms with Gasteiger partial charge in [0.2, 0.25) is 5.91 Å². The number of hydrogen-bond acceptors (Lipinski definition) is 5. The standard InChI is InChI=1S/C22H22N2O3S/c25-20-18(9-12-24(20)15-5-7-16(28)8-6-15)23-13-10-22(11-14-23)17-3-1-2-4-19(17)27-21(22)26/h1-8,18,28H,9-14H2/t18-/m0/s1. The Hall–Kier alpha value is -2.31. The Morgan fingerprint density at radius 3 is 2.43 bits per heavy atom. The van der Waals surface area contributed by atoms with Gasteiger partial charge in [0.15, 0.2) is 0 Å². The third kappa shape index (κ3) is 2.66. The van der Waals surface area contributed by atoms with Crippen LogP contribution in [0.1, 0.15) is 24.8 Å². The fourth-order valence-corrected chi connectivity index (χ4v) is 4.99. The molecule has 2 fully saturated rings. The van der Waals surface area contributed by atoms with Crippen molar-refractivity contribution in [2.75, 3.05) is 24.5 Å². The molecule has 3 heterocycles. The number of nitrogens with zero attached hydrogens (tertiary/aromatic N) is 2. The summed E-state index contributed by atoms with van der Waals surface area (Å²) in [5, 5.41) is 0. The second kappa shape index (κ2) is 6.64. The summed E-state index contributed by atoms with van der Waals surface area (Å²) in [4.78, 5) is 30.7. The van der Waals surface area contributed by atoms with Crippen LogP contribution in [0.5, 0.6) is 5.75 Å². The predicted molar refractivity (Wildman–Crippen MR) is 109 cm³/mol. The van der Waals surface area contributed by atoms with Crippen LogP contribution in [0.15, 0.2) is 53.4 Å². The van der Waals surface area contributed by atoms with Crippen LogP contribution in [0.2, 0.25) is 0 Å². The number of hydrogen-bond donors (Lipinski definition) is 1. The number of carbonyl (C=O) groups is 2. The number of para-hydroxylation sites is 1. The fourth-order valence-electron chi connectivity index (χ4n) is 4.84. The van der Waals surface area contributed by atoms with Gasteiger partial charge in [0.05, 0.1) is 11.5 Å². The largest absolute Gasteiger partial charge is 0.426 e. The highest BCUT2D eigenvalue weighted by molar-refractivity contribution is 7.80. The molecule has 2 saturated heterocycles. The van der Waals surface area contributed by atoms with E-state index in [-0.39, 0.29) is 17.9 Å². The van der Waals surface area contributed by atoms with Crippen LogP contribution in [0.4, 0.5) is 5.69 Å². The normalized spacial score (nSPS) is 23.9. The van der Waals surface area contributed by atoms with Gasteiger partial charge in [0, 0.05) is 35.8 Å². The van der Waals surface area contributed by atoms with E-state index in [9.17, 15) is 9.59 Å². The number of likely N-dealkylation sites (tertiary alicyclic amines) is 1. The second-order valence-electron chi connectivity index (χ2n) is 7.81. The van der Waals surface area contributed by atoms with Crippen molar-refractivity contribution in [3.63, 3.8) is 0 Å². The van der Waals surface area contributed by atoms with Crippen molar-refractivity contribution in [1.29, 1.82) is 0 Å². The third-order valence-electron chi connectivity index (χ3n) is 6.43. The maximum absolute atomic E-state index is 13.0. The van der Waals surface area contributed by atoms with Crippen molar-refractivity contribution in [3.8, 4) is 5.75 Å². The number of thiol groups is 1. The minimum Gasteiger partial charge on any atom is -0.426 e. The first-order valence-corrected chi connectivity index (χ1v) is 10.2. The van der Waals surface area contributed by atoms with Crippen molar-refractivity contribution >= 4 is 30.2 Å². The third-order valence-corrected chi connectivity index (χ3v) is 6.73. The molecular formula is C22H22N2O3S. The SMILES string of the molecule is O=C1[C@@H](N2CCC3(CC2)C(=O)Oc2ccccc23)CCN1c1ccc(S)cc1. The molecule has 1 atom stereocenters. The molecule has 1 spiro atoms. The highest BCUT2D eigenvalue weighted by atomic mass is 32.1. The highest BCUT2D eigenvalue weighted by Crippen LogP contribution is 2.46. The molecule has 0 saturated carbocycles. The average Bonchev–Trinajstić information content (AvgIpc) is 3.22. The van der Waals surface area contributed by atoms with Gasteiger partial charge in [-0.25, -0.2) is 0 Å². The van der Waals surface area contributed by atoms with Crippen LogP contribution in [-0.4, -0.2) is 42.5 Å². The minimum atomic E-state index is -0.545. The van der Waals surface area contributed by atoms with Crippen molar-refractivity contribution in [2.24, 2.45) is 0 Å². The Morgan fingerprint density at radius 2 is 1.68 bits per heavy atom. The lowest BCUT2D eigenvalue weighted by atomic mass is 9.73. The number of fused-ring (bicyclic) bond motifs is 2. The van der Waals surface area contributed by atoms with Crippen LogP contribution in [0.3, 0.4) is 0 Å². The molecule has 3 aliphatic rings. The topological polar surface area (TPSA) is 49.9 Å². The molecule has 0 unspecified atom stereocenters. The average molecular weight is 394 g/mol. The molecule has 0 aliphatic carbocycles. The lowest BCUT2D eigenvalue weighted by molar-refractivity contribution is -0.140. The molecule has 2 aromatic rings. The Kier molecular flexibility index (Phi) is 4.21. The summed E-state index contributed by atoms with van der Waals surface area (Å²) < 4.78 is 5.53. The number of rotatable bonds is 2. The van der Waals surface area contributed by atoms with Gasteiger partial charge in [0.1, 0.15) is 5.75 Å². The lowest BCUT2D eigenvalue weighted by Crippen LogP contribution is -2.51. The molecule has 28 heavy (non-hydrogen) atoms. The van der Waals surface area contributed by atoms with Crippen LogP contribution in [0.25, 0.3) is 0 Å². The predicted octanol–water partition coefficient (Wildman–Crippen LogP) is 3.03. The zero-order chi connectivity index (χ0) is 19.3. The zero-order valence-electron chi connectivity index (χ0n) is 15.5. The van der Waals surface area contributed by atoms with Gasteiger partial charge in [0.25, 0.3) is 0 Å². The van der Waals surface area contributed by atoms with E-state index < -0.39 is 5.41 Å². The first-order valence-electron chi connectivity index (χ1n) is 9.75. The molecular weight excluding hydrogens is 372 g/mol. The highest BCUT2D eigenvalue weighted by Gasteiger charge is 2.52. The monoisotopic (exact) mass is 394 g/mol. The van der Waals surface area contributed by atoms with Gasteiger partial charge in [-0.05, 0) is 49.6 Å². The zero-order valence-corrected chi connectivity index (χ0v) is 16.4. The summed E-state index contributed by atoms with van der Waals surface area (Å²) in [7, 11) is 0. The summed E-state index contributed by atoms with van der Waals surface area (Å²) in [6.07, 6.45) is 2.21. The van der Waals surface area contributed by atoms with Crippen molar-refractivity contribution in [1.82, 2.24) is 4.90 Å². The maximum Gasteiger partial charge on any atom is 0.322 e. The van der Waals surface area contributed by atoms with E-state index in [2.05, 4.69) is 17.5 Å². The van der Waals surface area contributed by atoms with Gasteiger partial charge in [-0.2, -0.15) is 0 Å². The lowest BCUT2D eigenvalue weighted by Gasteiger charge is -2.39. The Labute approximate surface area is 169 Å². The first kappa shape index (κ1) is 17.8. The van der Waals surface area contributed by atoms with E-state index in [0.29, 0.717) is 18.6 Å². The van der Waals surface area contributed by atoms with Crippen molar-refractivity contribution in [2.45, 2.75) is 35.6 Å². The summed E-state index contributed by atoms with van der Waals surface area (Å²) >= 11 is 4.32. The fraction of sp³-hybridized carbons (Fsp3) is 0.364. The van der Waals surface area contributed by atoms with E-state index in [1.165, 1.54) is 0 Å². The molecule has 0 aromatic heterocycles. The number of piperidine rings is 1. The molecule has 1 amide bonds. The molecule has 3 aliphatic heterocycles. The van der Waals surface area contributed by atoms with Crippen molar-refractivity contribution < 1.29 is 14.3 Å². The Balaban J connectivity index is 1.31. The summed E-state index contributed by atoms with van der Waals surface area (Å²) in [6, 6.07) is 15.3. The van der Waals surface area contributed by atoms with Crippen LogP contribution in [0, 0.1) is 0 Å². The number of anilines is 1. The Morgan fingerprint density at radius 1 is 0.964 bits per heavy atom. The van der Waals surface area contributed by atoms with Crippen LogP contribution < -0.4 is 9.64 Å². The van der Waals surface area contributed by atoms with E-state index in [1.807, 2.05) is 53.4 Å². The Bertz CT molecular complexity index is 935. The van der Waals surface area contributed by atoms with E-state index in [1.54, 1.807) is 0 Å². The molecule has 5 rings (SSSR count). The number of ether oxygens (including phenoxy) is 1. The molecule has 6 heteroatoms. The number of esters is 1. The number of amides is 1. The smallest absolute Gasteiger partial charge is 0.322 e. The van der Waals surface area contributed by atoms with Gasteiger partial charge < -0.3 is 9.64 Å². The second-order valence-corrected chi connectivity index (χ2v) is 8.33. The molecule has 0 bridgehead atoms. The van der Waals surface area contributed by atoms with Gasteiger partial charge in [-0.15, -0.1) is 12.6 Å². The molecule has 0 N–H and O–H groups in total. The summed E-state index contributed by atoms with van der Waals surface area (Å²) in [5.74, 6) is 0.702. The maximum atomic E-state index is 13.0. The molecule has 5 nitrogen and oxygen atoms in total. The first-order chi connectivity index (χ1) is 13.6. The summed E-state index contributed by atoms with van der Waals surface area (Å²) in [6.45, 7) is 2.18. The van der Waals surface area contributed by atoms with Crippen molar-refractivity contribution in [3.05, 3.63) is 54.1 Å². The van der Waals surface area contributed by atoms with Gasteiger partial charge >= 0.3 is 5.97 Å². The molecule has 144 valence electrons. The minimum absolute atomic E-state index is 0.110. The molecule has 0 radical (unpaired) electrons.